The zero-order valence-corrected chi connectivity index (χ0v) is 15.0. The number of Topliss-reactive ketones (excluding diaryl/α,β-unsaturated/α-hetero) is 1. The van der Waals surface area contributed by atoms with Gasteiger partial charge >= 0.3 is 0 Å². The van der Waals surface area contributed by atoms with Gasteiger partial charge in [-0.05, 0) is 86.9 Å². The Hall–Kier alpha value is -0.630. The summed E-state index contributed by atoms with van der Waals surface area (Å²) in [6, 6.07) is 0. The smallest absolute Gasteiger partial charge is 0.133 e. The number of aliphatic hydroxyl groups is 1. The zero-order valence-electron chi connectivity index (χ0n) is 15.0. The van der Waals surface area contributed by atoms with Gasteiger partial charge in [-0.3, -0.25) is 4.79 Å². The first kappa shape index (κ1) is 15.9. The van der Waals surface area contributed by atoms with Gasteiger partial charge in [-0.25, -0.2) is 0 Å². The van der Waals surface area contributed by atoms with Crippen molar-refractivity contribution in [1.29, 1.82) is 0 Å². The largest absolute Gasteiger partial charge is 0.393 e. The third kappa shape index (κ3) is 2.13. The Bertz CT molecular complexity index is 550. The summed E-state index contributed by atoms with van der Waals surface area (Å²) in [4.78, 5) is 12.1. The molecule has 0 heterocycles. The molecule has 0 aromatic rings. The highest BCUT2D eigenvalue weighted by atomic mass is 16.3. The Labute approximate surface area is 140 Å². The lowest BCUT2D eigenvalue weighted by molar-refractivity contribution is -0.125. The van der Waals surface area contributed by atoms with Gasteiger partial charge in [0.1, 0.15) is 5.78 Å². The molecule has 7 atom stereocenters. The SMILES string of the molecule is CC(=O)[C@H]1CC[C@H]2C3=CC[C@@H]4C[C@H](O)CC[C@]4(C)[C@H]3CC[C@]12C. The van der Waals surface area contributed by atoms with Crippen LogP contribution in [0.15, 0.2) is 11.6 Å². The first-order valence-electron chi connectivity index (χ1n) is 9.74. The number of fused-ring (bicyclic) bond motifs is 5. The van der Waals surface area contributed by atoms with Crippen LogP contribution in [0.2, 0.25) is 0 Å². The minimum atomic E-state index is -0.0783. The van der Waals surface area contributed by atoms with Gasteiger partial charge in [0.15, 0.2) is 0 Å². The number of hydrogen-bond acceptors (Lipinski definition) is 2. The van der Waals surface area contributed by atoms with Crippen molar-refractivity contribution in [3.05, 3.63) is 11.6 Å². The summed E-state index contributed by atoms with van der Waals surface area (Å²) in [5, 5.41) is 10.1. The number of allylic oxidation sites excluding steroid dienone is 2. The predicted molar refractivity (Wildman–Crippen MR) is 91.9 cm³/mol. The Morgan fingerprint density at radius 3 is 2.52 bits per heavy atom. The molecule has 0 unspecified atom stereocenters. The summed E-state index contributed by atoms with van der Waals surface area (Å²) in [6.45, 7) is 6.70. The van der Waals surface area contributed by atoms with Crippen LogP contribution in [0.5, 0.6) is 0 Å². The number of carbonyl (C=O) groups excluding carboxylic acids is 1. The van der Waals surface area contributed by atoms with Crippen molar-refractivity contribution >= 4 is 5.78 Å². The Balaban J connectivity index is 1.67. The number of aliphatic hydroxyl groups excluding tert-OH is 1. The van der Waals surface area contributed by atoms with Gasteiger partial charge in [-0.2, -0.15) is 0 Å². The van der Waals surface area contributed by atoms with Gasteiger partial charge in [0.25, 0.3) is 0 Å². The van der Waals surface area contributed by atoms with Gasteiger partial charge in [0.05, 0.1) is 6.10 Å². The lowest BCUT2D eigenvalue weighted by Crippen LogP contribution is -2.49. The maximum atomic E-state index is 12.1. The third-order valence-corrected chi connectivity index (χ3v) is 8.54. The first-order valence-corrected chi connectivity index (χ1v) is 9.74. The van der Waals surface area contributed by atoms with Gasteiger partial charge < -0.3 is 5.11 Å². The minimum Gasteiger partial charge on any atom is -0.393 e. The molecule has 0 bridgehead atoms. The Kier molecular flexibility index (Phi) is 3.58. The molecule has 0 amide bonds. The molecule has 4 aliphatic carbocycles. The van der Waals surface area contributed by atoms with Gasteiger partial charge in [0.2, 0.25) is 0 Å². The average Bonchev–Trinajstić information content (AvgIpc) is 2.85. The molecule has 23 heavy (non-hydrogen) atoms. The Morgan fingerprint density at radius 2 is 1.78 bits per heavy atom. The maximum absolute atomic E-state index is 12.1. The average molecular weight is 316 g/mol. The van der Waals surface area contributed by atoms with Gasteiger partial charge in [0, 0.05) is 5.92 Å². The topological polar surface area (TPSA) is 37.3 Å². The second kappa shape index (κ2) is 5.18. The van der Waals surface area contributed by atoms with E-state index in [0.29, 0.717) is 29.0 Å². The van der Waals surface area contributed by atoms with E-state index in [-0.39, 0.29) is 17.4 Å². The van der Waals surface area contributed by atoms with Crippen LogP contribution < -0.4 is 0 Å². The lowest BCUT2D eigenvalue weighted by Gasteiger charge is -2.57. The van der Waals surface area contributed by atoms with Crippen LogP contribution in [0.3, 0.4) is 0 Å². The summed E-state index contributed by atoms with van der Waals surface area (Å²) in [5.74, 6) is 2.70. The molecule has 4 rings (SSSR count). The quantitative estimate of drug-likeness (QED) is 0.722. The summed E-state index contributed by atoms with van der Waals surface area (Å²) < 4.78 is 0. The highest BCUT2D eigenvalue weighted by Crippen LogP contribution is 2.65. The zero-order chi connectivity index (χ0) is 16.4. The van der Waals surface area contributed by atoms with Crippen LogP contribution in [-0.4, -0.2) is 17.0 Å². The normalized spacial score (nSPS) is 52.2. The highest BCUT2D eigenvalue weighted by molar-refractivity contribution is 5.79. The fourth-order valence-electron chi connectivity index (χ4n) is 7.16. The second-order valence-electron chi connectivity index (χ2n) is 9.46. The molecule has 0 spiro atoms. The third-order valence-electron chi connectivity index (χ3n) is 8.54. The number of ketones is 1. The second-order valence-corrected chi connectivity index (χ2v) is 9.46. The molecule has 0 saturated heterocycles. The van der Waals surface area contributed by atoms with E-state index in [4.69, 9.17) is 0 Å². The van der Waals surface area contributed by atoms with Crippen molar-refractivity contribution in [2.75, 3.05) is 0 Å². The fourth-order valence-corrected chi connectivity index (χ4v) is 7.16. The van der Waals surface area contributed by atoms with Crippen molar-refractivity contribution in [2.45, 2.75) is 78.2 Å². The van der Waals surface area contributed by atoms with Crippen molar-refractivity contribution in [3.8, 4) is 0 Å². The molecular formula is C21H32O2. The summed E-state index contributed by atoms with van der Waals surface area (Å²) in [7, 11) is 0. The van der Waals surface area contributed by atoms with Crippen molar-refractivity contribution in [1.82, 2.24) is 0 Å². The molecule has 1 N–H and O–H groups in total. The van der Waals surface area contributed by atoms with Gasteiger partial charge in [-0.1, -0.05) is 25.5 Å². The number of rotatable bonds is 1. The van der Waals surface area contributed by atoms with E-state index in [2.05, 4.69) is 19.9 Å². The van der Waals surface area contributed by atoms with Crippen molar-refractivity contribution in [2.24, 2.45) is 34.5 Å². The highest BCUT2D eigenvalue weighted by Gasteiger charge is 2.58. The standard InChI is InChI=1S/C21H32O2/c1-13(22)17-6-7-18-16-5-4-14-12-15(23)8-10-20(14,2)19(16)9-11-21(17,18)3/h5,14-15,17-19,23H,4,6-12H2,1-3H3/t14-,15-,17-,18+,19+,20+,21-/m1/s1. The predicted octanol–water partition coefficient (Wildman–Crippen LogP) is 4.52. The first-order chi connectivity index (χ1) is 10.9. The molecule has 0 aromatic heterocycles. The van der Waals surface area contributed by atoms with E-state index in [0.717, 1.165) is 25.7 Å². The van der Waals surface area contributed by atoms with Crippen LogP contribution in [0.25, 0.3) is 0 Å². The minimum absolute atomic E-state index is 0.0783. The molecule has 2 nitrogen and oxygen atoms in total. The fraction of sp³-hybridized carbons (Fsp3) is 0.857. The molecular weight excluding hydrogens is 284 g/mol. The van der Waals surface area contributed by atoms with E-state index in [1.54, 1.807) is 12.5 Å². The van der Waals surface area contributed by atoms with Crippen LogP contribution in [0.4, 0.5) is 0 Å². The molecule has 0 aliphatic heterocycles. The van der Waals surface area contributed by atoms with Crippen molar-refractivity contribution < 1.29 is 9.90 Å². The number of hydrogen-bond donors (Lipinski definition) is 1. The Morgan fingerprint density at radius 1 is 1.09 bits per heavy atom. The van der Waals surface area contributed by atoms with Crippen LogP contribution in [0, 0.1) is 34.5 Å². The summed E-state index contributed by atoms with van der Waals surface area (Å²) >= 11 is 0. The van der Waals surface area contributed by atoms with Crippen LogP contribution in [-0.2, 0) is 4.79 Å². The summed E-state index contributed by atoms with van der Waals surface area (Å²) in [6.07, 6.45) is 11.6. The maximum Gasteiger partial charge on any atom is 0.133 e. The van der Waals surface area contributed by atoms with Crippen LogP contribution in [0.1, 0.15) is 72.1 Å². The number of carbonyl (C=O) groups is 1. The van der Waals surface area contributed by atoms with E-state index in [9.17, 15) is 9.90 Å². The molecule has 2 heteroatoms. The van der Waals surface area contributed by atoms with E-state index in [1.165, 1.54) is 25.7 Å². The monoisotopic (exact) mass is 316 g/mol. The summed E-state index contributed by atoms with van der Waals surface area (Å²) in [5.41, 5.74) is 2.31. The molecule has 0 aromatic carbocycles. The van der Waals surface area contributed by atoms with Crippen LogP contribution >= 0.6 is 0 Å². The molecule has 3 saturated carbocycles. The lowest BCUT2D eigenvalue weighted by atomic mass is 9.48. The van der Waals surface area contributed by atoms with E-state index in [1.807, 2.05) is 0 Å². The van der Waals surface area contributed by atoms with Crippen molar-refractivity contribution in [3.63, 3.8) is 0 Å². The van der Waals surface area contributed by atoms with Gasteiger partial charge in [-0.15, -0.1) is 0 Å². The molecule has 0 radical (unpaired) electrons. The molecule has 3 fully saturated rings. The van der Waals surface area contributed by atoms with E-state index >= 15 is 0 Å². The van der Waals surface area contributed by atoms with E-state index < -0.39 is 0 Å². The molecule has 4 aliphatic rings. The molecule has 128 valence electrons.